The number of methoxy groups -OCH3 is 1. The molecule has 31 heavy (non-hydrogen) atoms. The van der Waals surface area contributed by atoms with Crippen LogP contribution in [0.3, 0.4) is 0 Å². The van der Waals surface area contributed by atoms with Crippen molar-refractivity contribution in [2.75, 3.05) is 12.9 Å². The number of ether oxygens (including phenoxy) is 1. The van der Waals surface area contributed by atoms with Crippen LogP contribution < -0.4 is 15.4 Å². The summed E-state index contributed by atoms with van der Waals surface area (Å²) in [6.45, 7) is 0.403. The first-order valence-corrected chi connectivity index (χ1v) is 11.1. The lowest BCUT2D eigenvalue weighted by Gasteiger charge is -2.25. The zero-order valence-corrected chi connectivity index (χ0v) is 19.0. The van der Waals surface area contributed by atoms with Gasteiger partial charge in [0.1, 0.15) is 0 Å². The first-order chi connectivity index (χ1) is 14.9. The molecule has 3 N–H and O–H groups in total. The lowest BCUT2D eigenvalue weighted by atomic mass is 9.87. The van der Waals surface area contributed by atoms with Crippen molar-refractivity contribution in [3.05, 3.63) is 68.7 Å². The molecule has 0 bridgehead atoms. The van der Waals surface area contributed by atoms with Gasteiger partial charge in [-0.2, -0.15) is 5.26 Å². The van der Waals surface area contributed by atoms with E-state index in [9.17, 15) is 20.0 Å². The Kier molecular flexibility index (Phi) is 7.60. The maximum Gasteiger partial charge on any atom is 0.230 e. The van der Waals surface area contributed by atoms with Gasteiger partial charge in [0.25, 0.3) is 0 Å². The van der Waals surface area contributed by atoms with Gasteiger partial charge in [-0.1, -0.05) is 42.1 Å². The Morgan fingerprint density at radius 3 is 2.81 bits per heavy atom. The van der Waals surface area contributed by atoms with E-state index < -0.39 is 5.92 Å². The Morgan fingerprint density at radius 2 is 2.13 bits per heavy atom. The molecule has 1 atom stereocenters. The molecule has 9 heteroatoms. The number of nitrogens with one attached hydrogen (secondary N) is 2. The lowest BCUT2D eigenvalue weighted by molar-refractivity contribution is -0.121. The van der Waals surface area contributed by atoms with Crippen LogP contribution in [-0.4, -0.2) is 29.8 Å². The predicted molar refractivity (Wildman–Crippen MR) is 121 cm³/mol. The molecule has 3 rings (SSSR count). The molecule has 2 aromatic rings. The second-order valence-corrected chi connectivity index (χ2v) is 8.60. The first-order valence-electron chi connectivity index (χ1n) is 9.36. The van der Waals surface area contributed by atoms with Gasteiger partial charge in [0.2, 0.25) is 11.8 Å². The standard InChI is InChI=1S/C22H20BrN3O4S/c1-30-18-8-14(7-17(23)21(18)29)15-9-19(27)26-22(16(15)10-24)31-12-20(28)25-11-13-5-3-2-4-6-13/h2-8,15,29H,9,11-12H2,1H3,(H,25,28)(H,26,27)/t15-/m0/s1. The molecule has 2 aromatic carbocycles. The smallest absolute Gasteiger partial charge is 0.230 e. The molecule has 0 saturated heterocycles. The zero-order chi connectivity index (χ0) is 22.4. The number of carbonyl (C=O) groups is 2. The van der Waals surface area contributed by atoms with Gasteiger partial charge in [-0.25, -0.2) is 0 Å². The second kappa shape index (κ2) is 10.4. The third-order valence-electron chi connectivity index (χ3n) is 4.71. The molecule has 1 aliphatic heterocycles. The third kappa shape index (κ3) is 5.60. The molecule has 7 nitrogen and oxygen atoms in total. The highest BCUT2D eigenvalue weighted by Crippen LogP contribution is 2.42. The molecule has 0 spiro atoms. The number of benzene rings is 2. The average molecular weight is 502 g/mol. The fourth-order valence-electron chi connectivity index (χ4n) is 3.15. The summed E-state index contributed by atoms with van der Waals surface area (Å²) in [4.78, 5) is 24.6. The van der Waals surface area contributed by atoms with E-state index in [-0.39, 0.29) is 35.5 Å². The Hall–Kier alpha value is -2.96. The molecule has 0 fully saturated rings. The number of amides is 2. The van der Waals surface area contributed by atoms with Crippen LogP contribution in [0.1, 0.15) is 23.5 Å². The highest BCUT2D eigenvalue weighted by Gasteiger charge is 2.31. The van der Waals surface area contributed by atoms with Crippen molar-refractivity contribution in [2.24, 2.45) is 0 Å². The number of phenols is 1. The van der Waals surface area contributed by atoms with Gasteiger partial charge in [-0.3, -0.25) is 9.59 Å². The number of hydrogen-bond donors (Lipinski definition) is 3. The summed E-state index contributed by atoms with van der Waals surface area (Å²) in [7, 11) is 1.43. The largest absolute Gasteiger partial charge is 0.503 e. The van der Waals surface area contributed by atoms with Gasteiger partial charge in [0.15, 0.2) is 11.5 Å². The van der Waals surface area contributed by atoms with Crippen LogP contribution >= 0.6 is 27.7 Å². The van der Waals surface area contributed by atoms with Crippen LogP contribution in [0.2, 0.25) is 0 Å². The van der Waals surface area contributed by atoms with Gasteiger partial charge in [0.05, 0.1) is 34.0 Å². The third-order valence-corrected chi connectivity index (χ3v) is 6.33. The van der Waals surface area contributed by atoms with E-state index in [0.717, 1.165) is 17.3 Å². The van der Waals surface area contributed by atoms with E-state index in [0.29, 0.717) is 27.2 Å². The molecule has 0 saturated carbocycles. The summed E-state index contributed by atoms with van der Waals surface area (Å²) in [5, 5.41) is 25.7. The van der Waals surface area contributed by atoms with Crippen LogP contribution in [0.5, 0.6) is 11.5 Å². The number of nitriles is 1. The van der Waals surface area contributed by atoms with E-state index in [1.54, 1.807) is 12.1 Å². The van der Waals surface area contributed by atoms with E-state index in [1.807, 2.05) is 30.3 Å². The maximum absolute atomic E-state index is 12.3. The molecular formula is C22H20BrN3O4S. The van der Waals surface area contributed by atoms with Gasteiger partial charge in [0, 0.05) is 18.9 Å². The highest BCUT2D eigenvalue weighted by atomic mass is 79.9. The monoisotopic (exact) mass is 501 g/mol. The molecular weight excluding hydrogens is 482 g/mol. The minimum Gasteiger partial charge on any atom is -0.503 e. The molecule has 1 heterocycles. The molecule has 2 amide bonds. The van der Waals surface area contributed by atoms with E-state index in [4.69, 9.17) is 4.74 Å². The van der Waals surface area contributed by atoms with Crippen LogP contribution in [0.25, 0.3) is 0 Å². The van der Waals surface area contributed by atoms with E-state index in [2.05, 4.69) is 32.6 Å². The van der Waals surface area contributed by atoms with Crippen molar-refractivity contribution in [1.29, 1.82) is 5.26 Å². The van der Waals surface area contributed by atoms with E-state index in [1.165, 1.54) is 7.11 Å². The summed E-state index contributed by atoms with van der Waals surface area (Å²) in [5.41, 5.74) is 2.00. The van der Waals surface area contributed by atoms with Gasteiger partial charge < -0.3 is 20.5 Å². The van der Waals surface area contributed by atoms with Crippen LogP contribution in [-0.2, 0) is 16.1 Å². The molecule has 0 unspecified atom stereocenters. The van der Waals surface area contributed by atoms with Gasteiger partial charge in [-0.05, 0) is 39.2 Å². The Bertz CT molecular complexity index is 1070. The molecule has 0 radical (unpaired) electrons. The molecule has 160 valence electrons. The Labute approximate surface area is 192 Å². The second-order valence-electron chi connectivity index (χ2n) is 6.76. The van der Waals surface area contributed by atoms with Crippen molar-refractivity contribution in [3.8, 4) is 17.6 Å². The number of nitrogens with zero attached hydrogens (tertiary/aromatic N) is 1. The minimum absolute atomic E-state index is 0.0568. The number of thioether (sulfide) groups is 1. The van der Waals surface area contributed by atoms with E-state index >= 15 is 0 Å². The number of rotatable bonds is 7. The molecule has 1 aliphatic rings. The first kappa shape index (κ1) is 22.7. The number of halogens is 1. The van der Waals surface area contributed by atoms with Crippen LogP contribution in [0.15, 0.2) is 57.5 Å². The van der Waals surface area contributed by atoms with Crippen LogP contribution in [0.4, 0.5) is 0 Å². The summed E-state index contributed by atoms with van der Waals surface area (Å²) in [6, 6.07) is 15.0. The van der Waals surface area contributed by atoms with Crippen molar-refractivity contribution >= 4 is 39.5 Å². The Morgan fingerprint density at radius 1 is 1.39 bits per heavy atom. The summed E-state index contributed by atoms with van der Waals surface area (Å²) >= 11 is 4.39. The number of allylic oxidation sites excluding steroid dienone is 1. The van der Waals surface area contributed by atoms with Gasteiger partial charge >= 0.3 is 0 Å². The van der Waals surface area contributed by atoms with Crippen molar-refractivity contribution in [3.63, 3.8) is 0 Å². The lowest BCUT2D eigenvalue weighted by Crippen LogP contribution is -2.32. The minimum atomic E-state index is -0.514. The number of phenolic OH excluding ortho intramolecular Hbond substituents is 1. The Balaban J connectivity index is 1.76. The number of hydrogen-bond acceptors (Lipinski definition) is 6. The number of aromatic hydroxyl groups is 1. The summed E-state index contributed by atoms with van der Waals surface area (Å²) < 4.78 is 5.59. The van der Waals surface area contributed by atoms with Gasteiger partial charge in [-0.15, -0.1) is 0 Å². The topological polar surface area (TPSA) is 111 Å². The fraction of sp³-hybridized carbons (Fsp3) is 0.227. The van der Waals surface area contributed by atoms with Crippen molar-refractivity contribution < 1.29 is 19.4 Å². The highest BCUT2D eigenvalue weighted by molar-refractivity contribution is 9.10. The average Bonchev–Trinajstić information content (AvgIpc) is 2.78. The summed E-state index contributed by atoms with van der Waals surface area (Å²) in [5.74, 6) is -0.730. The fourth-order valence-corrected chi connectivity index (χ4v) is 4.52. The summed E-state index contributed by atoms with van der Waals surface area (Å²) in [6.07, 6.45) is 0.0769. The maximum atomic E-state index is 12.3. The zero-order valence-electron chi connectivity index (χ0n) is 16.6. The number of carbonyl (C=O) groups excluding carboxylic acids is 2. The molecule has 0 aliphatic carbocycles. The predicted octanol–water partition coefficient (Wildman–Crippen LogP) is 3.55. The van der Waals surface area contributed by atoms with Crippen molar-refractivity contribution in [2.45, 2.75) is 18.9 Å². The SMILES string of the molecule is COc1cc([C@@H]2CC(=O)NC(SCC(=O)NCc3ccccc3)=C2C#N)cc(Br)c1O. The van der Waals surface area contributed by atoms with Crippen molar-refractivity contribution in [1.82, 2.24) is 10.6 Å². The quantitative estimate of drug-likeness (QED) is 0.534. The normalized spacial score (nSPS) is 15.8. The molecule has 0 aromatic heterocycles. The van der Waals surface area contributed by atoms with Crippen LogP contribution in [0, 0.1) is 11.3 Å².